The summed E-state index contributed by atoms with van der Waals surface area (Å²) in [7, 11) is 0. The third kappa shape index (κ3) is 3.41. The van der Waals surface area contributed by atoms with Crippen LogP contribution in [0.4, 0.5) is 0 Å². The minimum absolute atomic E-state index is 0.253. The Labute approximate surface area is 185 Å². The number of fused-ring (bicyclic) bond motifs is 5. The van der Waals surface area contributed by atoms with Crippen molar-refractivity contribution in [2.24, 2.45) is 46.3 Å². The van der Waals surface area contributed by atoms with Crippen LogP contribution in [0, 0.1) is 46.3 Å². The summed E-state index contributed by atoms with van der Waals surface area (Å²) >= 11 is 0. The van der Waals surface area contributed by atoms with E-state index < -0.39 is 17.8 Å². The molecule has 30 heavy (non-hydrogen) atoms. The monoisotopic (exact) mass is 420 g/mol. The van der Waals surface area contributed by atoms with Gasteiger partial charge in [0.15, 0.2) is 0 Å². The fourth-order valence-electron chi connectivity index (χ4n) is 9.29. The number of hydrogen-bond acceptors (Lipinski definition) is 3. The molecule has 10 atom stereocenters. The van der Waals surface area contributed by atoms with Crippen LogP contribution < -0.4 is 0 Å². The highest BCUT2D eigenvalue weighted by Crippen LogP contribution is 2.69. The third-order valence-corrected chi connectivity index (χ3v) is 11.0. The van der Waals surface area contributed by atoms with Gasteiger partial charge in [-0.3, -0.25) is 0 Å². The third-order valence-electron chi connectivity index (χ3n) is 11.0. The summed E-state index contributed by atoms with van der Waals surface area (Å²) in [6, 6.07) is 0. The van der Waals surface area contributed by atoms with Crippen molar-refractivity contribution in [1.82, 2.24) is 0 Å². The van der Waals surface area contributed by atoms with Gasteiger partial charge in [0, 0.05) is 11.8 Å². The summed E-state index contributed by atoms with van der Waals surface area (Å²) in [5, 5.41) is 33.0. The molecule has 174 valence electrons. The summed E-state index contributed by atoms with van der Waals surface area (Å²) < 4.78 is 0. The maximum Gasteiger partial charge on any atom is 0.0985 e. The van der Waals surface area contributed by atoms with E-state index >= 15 is 0 Å². The molecule has 0 aromatic rings. The molecule has 3 heteroatoms. The first-order valence-electron chi connectivity index (χ1n) is 13.1. The van der Waals surface area contributed by atoms with Gasteiger partial charge in [-0.1, -0.05) is 53.9 Å². The van der Waals surface area contributed by atoms with Crippen molar-refractivity contribution in [3.05, 3.63) is 0 Å². The van der Waals surface area contributed by atoms with Crippen LogP contribution >= 0.6 is 0 Å². The molecule has 4 aliphatic carbocycles. The molecule has 0 spiro atoms. The number of rotatable bonds is 5. The Kier molecular flexibility index (Phi) is 6.17. The molecule has 0 amide bonds. The quantitative estimate of drug-likeness (QED) is 0.546. The van der Waals surface area contributed by atoms with Gasteiger partial charge in [0.25, 0.3) is 0 Å². The predicted octanol–water partition coefficient (Wildman–Crippen LogP) is 5.55. The van der Waals surface area contributed by atoms with Gasteiger partial charge in [0.05, 0.1) is 17.8 Å². The van der Waals surface area contributed by atoms with Crippen LogP contribution in [-0.4, -0.2) is 33.1 Å². The standard InChI is InChI=1S/C27H48O3/c1-17(2)7-6-8-18(3)21-9-10-22-20-15-24(29)27(30)16-19(28)11-14-26(27,5)23(20)12-13-25(21,22)4/h17-24,28-30H,6-16H2,1-5H3/t18-,19+,20+,21-,22-,23-,24-,25-,26+,27+/m1/s1. The summed E-state index contributed by atoms with van der Waals surface area (Å²) in [5.41, 5.74) is -0.962. The largest absolute Gasteiger partial charge is 0.393 e. The first-order chi connectivity index (χ1) is 14.0. The molecule has 4 rings (SSSR count). The molecular formula is C27H48O3. The zero-order valence-electron chi connectivity index (χ0n) is 20.2. The van der Waals surface area contributed by atoms with Crippen LogP contribution in [0.2, 0.25) is 0 Å². The Hall–Kier alpha value is -0.120. The Bertz CT molecular complexity index is 619. The Balaban J connectivity index is 1.53. The number of aliphatic hydroxyl groups excluding tert-OH is 2. The van der Waals surface area contributed by atoms with E-state index in [1.54, 1.807) is 0 Å². The lowest BCUT2D eigenvalue weighted by molar-refractivity contribution is -0.264. The molecule has 3 N–H and O–H groups in total. The minimum atomic E-state index is -1.11. The van der Waals surface area contributed by atoms with E-state index in [0.717, 1.165) is 37.0 Å². The van der Waals surface area contributed by atoms with E-state index in [-0.39, 0.29) is 5.41 Å². The molecule has 0 aliphatic heterocycles. The van der Waals surface area contributed by atoms with E-state index in [9.17, 15) is 15.3 Å². The molecule has 0 radical (unpaired) electrons. The van der Waals surface area contributed by atoms with E-state index in [1.165, 1.54) is 44.9 Å². The normalized spacial score (nSPS) is 51.9. The van der Waals surface area contributed by atoms with E-state index in [2.05, 4.69) is 34.6 Å². The van der Waals surface area contributed by atoms with E-state index in [1.807, 2.05) is 0 Å². The van der Waals surface area contributed by atoms with Gasteiger partial charge in [-0.25, -0.2) is 0 Å². The van der Waals surface area contributed by atoms with Crippen molar-refractivity contribution < 1.29 is 15.3 Å². The molecule has 0 saturated heterocycles. The lowest BCUT2D eigenvalue weighted by Gasteiger charge is -2.65. The highest BCUT2D eigenvalue weighted by molar-refractivity contribution is 5.17. The van der Waals surface area contributed by atoms with Crippen molar-refractivity contribution >= 4 is 0 Å². The highest BCUT2D eigenvalue weighted by Gasteiger charge is 2.67. The summed E-state index contributed by atoms with van der Waals surface area (Å²) in [4.78, 5) is 0. The highest BCUT2D eigenvalue weighted by atomic mass is 16.3. The summed E-state index contributed by atoms with van der Waals surface area (Å²) in [5.74, 6) is 4.13. The maximum absolute atomic E-state index is 11.6. The van der Waals surface area contributed by atoms with Gasteiger partial charge in [-0.2, -0.15) is 0 Å². The van der Waals surface area contributed by atoms with Crippen LogP contribution in [0.1, 0.15) is 105 Å². The van der Waals surface area contributed by atoms with E-state index in [4.69, 9.17) is 0 Å². The molecular weight excluding hydrogens is 372 g/mol. The minimum Gasteiger partial charge on any atom is -0.393 e. The van der Waals surface area contributed by atoms with Crippen molar-refractivity contribution in [2.75, 3.05) is 0 Å². The smallest absolute Gasteiger partial charge is 0.0985 e. The average molecular weight is 421 g/mol. The zero-order chi connectivity index (χ0) is 21.9. The second-order valence-corrected chi connectivity index (χ2v) is 12.9. The van der Waals surface area contributed by atoms with Crippen molar-refractivity contribution in [2.45, 2.75) is 123 Å². The molecule has 0 aromatic heterocycles. The maximum atomic E-state index is 11.6. The second kappa shape index (κ2) is 8.03. The first kappa shape index (κ1) is 23.1. The second-order valence-electron chi connectivity index (χ2n) is 12.9. The topological polar surface area (TPSA) is 60.7 Å². The number of hydrogen-bond donors (Lipinski definition) is 3. The molecule has 0 unspecified atom stereocenters. The predicted molar refractivity (Wildman–Crippen MR) is 122 cm³/mol. The van der Waals surface area contributed by atoms with Gasteiger partial charge in [-0.05, 0) is 85.9 Å². The molecule has 4 fully saturated rings. The lowest BCUT2D eigenvalue weighted by Crippen LogP contribution is -2.68. The Morgan fingerprint density at radius 2 is 1.63 bits per heavy atom. The Morgan fingerprint density at radius 1 is 0.900 bits per heavy atom. The molecule has 3 nitrogen and oxygen atoms in total. The molecule has 0 heterocycles. The lowest BCUT2D eigenvalue weighted by atomic mass is 9.42. The van der Waals surface area contributed by atoms with Crippen molar-refractivity contribution in [1.29, 1.82) is 0 Å². The molecule has 4 saturated carbocycles. The molecule has 4 aliphatic rings. The summed E-state index contributed by atoms with van der Waals surface area (Å²) in [6.07, 6.45) is 10.7. The fourth-order valence-corrected chi connectivity index (χ4v) is 9.29. The van der Waals surface area contributed by atoms with Gasteiger partial charge >= 0.3 is 0 Å². The SMILES string of the molecule is CC(C)CCC[C@@H](C)[C@H]1CC[C@@H]2[C@@H]3C[C@@H](O)[C@@]4(O)C[C@@H](O)CC[C@@]4(C)[C@@H]3CC[C@@]21C. The van der Waals surface area contributed by atoms with Crippen LogP contribution in [0.3, 0.4) is 0 Å². The van der Waals surface area contributed by atoms with Gasteiger partial charge in [0.1, 0.15) is 0 Å². The van der Waals surface area contributed by atoms with Gasteiger partial charge < -0.3 is 15.3 Å². The summed E-state index contributed by atoms with van der Waals surface area (Å²) in [6.45, 7) is 12.0. The van der Waals surface area contributed by atoms with Crippen LogP contribution in [-0.2, 0) is 0 Å². The Morgan fingerprint density at radius 3 is 2.33 bits per heavy atom. The van der Waals surface area contributed by atoms with Crippen LogP contribution in [0.25, 0.3) is 0 Å². The average Bonchev–Trinajstić information content (AvgIpc) is 3.01. The van der Waals surface area contributed by atoms with Gasteiger partial charge in [0.2, 0.25) is 0 Å². The zero-order valence-corrected chi connectivity index (χ0v) is 20.2. The first-order valence-corrected chi connectivity index (χ1v) is 13.1. The molecule has 0 bridgehead atoms. The fraction of sp³-hybridized carbons (Fsp3) is 1.00. The van der Waals surface area contributed by atoms with Crippen molar-refractivity contribution in [3.63, 3.8) is 0 Å². The van der Waals surface area contributed by atoms with E-state index in [0.29, 0.717) is 29.6 Å². The number of aliphatic hydroxyl groups is 3. The van der Waals surface area contributed by atoms with Crippen LogP contribution in [0.15, 0.2) is 0 Å². The van der Waals surface area contributed by atoms with Crippen LogP contribution in [0.5, 0.6) is 0 Å². The molecule has 0 aromatic carbocycles. The van der Waals surface area contributed by atoms with Gasteiger partial charge in [-0.15, -0.1) is 0 Å². The van der Waals surface area contributed by atoms with Crippen molar-refractivity contribution in [3.8, 4) is 0 Å².